The van der Waals surface area contributed by atoms with Crippen LogP contribution < -0.4 is 14.5 Å². The molecule has 1 heterocycles. The predicted octanol–water partition coefficient (Wildman–Crippen LogP) is 4.28. The zero-order chi connectivity index (χ0) is 23.6. The first-order chi connectivity index (χ1) is 15.8. The van der Waals surface area contributed by atoms with Gasteiger partial charge in [-0.3, -0.25) is 9.21 Å². The van der Waals surface area contributed by atoms with E-state index >= 15 is 0 Å². The third-order valence-electron chi connectivity index (χ3n) is 5.17. The molecular weight excluding hydrogens is 467 g/mol. The van der Waals surface area contributed by atoms with Crippen LogP contribution in [0, 0.1) is 17.1 Å². The highest BCUT2D eigenvalue weighted by atomic mass is 35.5. The van der Waals surface area contributed by atoms with Gasteiger partial charge in [-0.05, 0) is 54.1 Å². The maximum atomic E-state index is 13.8. The highest BCUT2D eigenvalue weighted by Gasteiger charge is 2.28. The van der Waals surface area contributed by atoms with Crippen molar-refractivity contribution in [2.75, 3.05) is 22.3 Å². The van der Waals surface area contributed by atoms with E-state index in [-0.39, 0.29) is 23.0 Å². The first kappa shape index (κ1) is 22.6. The van der Waals surface area contributed by atoms with Crippen molar-refractivity contribution >= 4 is 39.0 Å². The monoisotopic (exact) mass is 484 g/mol. The Morgan fingerprint density at radius 3 is 2.55 bits per heavy atom. The Bertz CT molecular complexity index is 1360. The second-order valence-electron chi connectivity index (χ2n) is 7.30. The number of nitrogens with zero attached hydrogens (tertiary/aromatic N) is 3. The highest BCUT2D eigenvalue weighted by Crippen LogP contribution is 2.30. The molecule has 0 saturated carbocycles. The average molecular weight is 485 g/mol. The van der Waals surface area contributed by atoms with Crippen LogP contribution in [0.1, 0.15) is 11.1 Å². The molecule has 3 aromatic rings. The van der Waals surface area contributed by atoms with Gasteiger partial charge in [0.1, 0.15) is 11.9 Å². The highest BCUT2D eigenvalue weighted by molar-refractivity contribution is 7.92. The summed E-state index contributed by atoms with van der Waals surface area (Å²) in [5, 5.41) is 12.4. The summed E-state index contributed by atoms with van der Waals surface area (Å²) in [6, 6.07) is 17.8. The van der Waals surface area contributed by atoms with E-state index in [0.29, 0.717) is 35.1 Å². The lowest BCUT2D eigenvalue weighted by Crippen LogP contribution is -2.31. The number of nitrogens with one attached hydrogen (secondary N) is 1. The molecule has 0 radical (unpaired) electrons. The Balaban J connectivity index is 1.81. The van der Waals surface area contributed by atoms with Crippen LogP contribution in [0.2, 0.25) is 5.02 Å². The predicted molar refractivity (Wildman–Crippen MR) is 123 cm³/mol. The van der Waals surface area contributed by atoms with Gasteiger partial charge in [0.05, 0.1) is 22.7 Å². The molecule has 1 aliphatic rings. The maximum Gasteiger partial charge on any atom is 0.321 e. The summed E-state index contributed by atoms with van der Waals surface area (Å²) in [6.45, 7) is 0.895. The maximum absolute atomic E-state index is 13.8. The smallest absolute Gasteiger partial charge is 0.321 e. The zero-order valence-corrected chi connectivity index (χ0v) is 18.8. The van der Waals surface area contributed by atoms with Crippen LogP contribution in [-0.4, -0.2) is 27.5 Å². The van der Waals surface area contributed by atoms with E-state index in [1.54, 1.807) is 54.6 Å². The summed E-state index contributed by atoms with van der Waals surface area (Å²) in [4.78, 5) is 13.4. The topological polar surface area (TPSA) is 93.5 Å². The van der Waals surface area contributed by atoms with Crippen molar-refractivity contribution in [1.29, 1.82) is 5.26 Å². The lowest BCUT2D eigenvalue weighted by Gasteiger charge is -2.26. The molecule has 0 atom stereocenters. The molecule has 0 aromatic heterocycles. The van der Waals surface area contributed by atoms with Crippen LogP contribution in [0.3, 0.4) is 0 Å². The van der Waals surface area contributed by atoms with Gasteiger partial charge in [-0.2, -0.15) is 5.26 Å². The molecule has 0 aliphatic carbocycles. The van der Waals surface area contributed by atoms with Crippen molar-refractivity contribution in [3.8, 4) is 6.07 Å². The van der Waals surface area contributed by atoms with Crippen LogP contribution in [0.25, 0.3) is 0 Å². The van der Waals surface area contributed by atoms with E-state index in [2.05, 4.69) is 5.32 Å². The van der Waals surface area contributed by atoms with Crippen LogP contribution >= 0.6 is 11.6 Å². The minimum atomic E-state index is -4.20. The van der Waals surface area contributed by atoms with Crippen molar-refractivity contribution in [3.05, 3.63) is 88.7 Å². The molecule has 1 N–H and O–H groups in total. The molecule has 4 rings (SSSR count). The number of amides is 2. The van der Waals surface area contributed by atoms with E-state index in [1.807, 2.05) is 0 Å². The van der Waals surface area contributed by atoms with E-state index in [1.165, 1.54) is 4.90 Å². The van der Waals surface area contributed by atoms with E-state index < -0.39 is 15.8 Å². The molecule has 0 unspecified atom stereocenters. The third-order valence-corrected chi connectivity index (χ3v) is 7.19. The Hall–Kier alpha value is -3.61. The second kappa shape index (κ2) is 9.10. The summed E-state index contributed by atoms with van der Waals surface area (Å²) in [6.07, 6.45) is 0. The molecule has 7 nitrogen and oxygen atoms in total. The van der Waals surface area contributed by atoms with Gasteiger partial charge < -0.3 is 5.32 Å². The summed E-state index contributed by atoms with van der Waals surface area (Å²) in [5.74, 6) is -0.803. The number of sulfonamides is 1. The lowest BCUT2D eigenvalue weighted by atomic mass is 10.2. The summed E-state index contributed by atoms with van der Waals surface area (Å²) in [5.41, 5.74) is 1.14. The van der Waals surface area contributed by atoms with Gasteiger partial charge >= 0.3 is 6.03 Å². The number of carbonyl (C=O) groups is 1. The first-order valence-corrected chi connectivity index (χ1v) is 11.7. The van der Waals surface area contributed by atoms with Crippen LogP contribution in [0.5, 0.6) is 0 Å². The second-order valence-corrected chi connectivity index (χ2v) is 9.59. The van der Waals surface area contributed by atoms with Gasteiger partial charge in [0.2, 0.25) is 0 Å². The number of hydrogen-bond donors (Lipinski definition) is 1. The van der Waals surface area contributed by atoms with Crippen LogP contribution in [-0.2, 0) is 16.6 Å². The van der Waals surface area contributed by atoms with Gasteiger partial charge in [-0.1, -0.05) is 29.8 Å². The summed E-state index contributed by atoms with van der Waals surface area (Å²) in [7, 11) is -4.20. The molecular formula is C23H18ClFN4O3S. The van der Waals surface area contributed by atoms with Gasteiger partial charge in [0.15, 0.2) is 0 Å². The number of urea groups is 1. The van der Waals surface area contributed by atoms with Gasteiger partial charge in [-0.25, -0.2) is 17.6 Å². The molecule has 1 aliphatic heterocycles. The molecule has 2 amide bonds. The number of anilines is 2. The number of rotatable bonds is 6. The number of hydrogen-bond acceptors (Lipinski definition) is 4. The van der Waals surface area contributed by atoms with E-state index in [4.69, 9.17) is 16.9 Å². The molecule has 33 heavy (non-hydrogen) atoms. The van der Waals surface area contributed by atoms with Crippen molar-refractivity contribution < 1.29 is 17.6 Å². The van der Waals surface area contributed by atoms with Crippen molar-refractivity contribution in [2.24, 2.45) is 0 Å². The van der Waals surface area contributed by atoms with Crippen molar-refractivity contribution in [1.82, 2.24) is 5.32 Å². The fourth-order valence-corrected chi connectivity index (χ4v) is 5.08. The number of nitriles is 1. The van der Waals surface area contributed by atoms with Crippen molar-refractivity contribution in [2.45, 2.75) is 11.4 Å². The quantitative estimate of drug-likeness (QED) is 0.565. The fraction of sp³-hybridized carbons (Fsp3) is 0.130. The number of halogens is 2. The fourth-order valence-electron chi connectivity index (χ4n) is 3.48. The zero-order valence-electron chi connectivity index (χ0n) is 17.2. The standard InChI is InChI=1S/C23H18ClFN4O3S/c24-18-6-4-16(5-7-18)15-29(33(31,32)21-8-9-22(25)17(12-21)14-26)20-3-1-2-19(13-20)28-11-10-27-23(28)30/h1-9,12-13H,10-11,15H2,(H,27,30). The lowest BCUT2D eigenvalue weighted by molar-refractivity contribution is 0.252. The van der Waals surface area contributed by atoms with Gasteiger partial charge in [0.25, 0.3) is 10.0 Å². The molecule has 0 spiro atoms. The van der Waals surface area contributed by atoms with E-state index in [9.17, 15) is 17.6 Å². The van der Waals surface area contributed by atoms with Crippen LogP contribution in [0.4, 0.5) is 20.6 Å². The van der Waals surface area contributed by atoms with Gasteiger partial charge in [-0.15, -0.1) is 0 Å². The first-order valence-electron chi connectivity index (χ1n) is 9.92. The molecule has 1 fully saturated rings. The largest absolute Gasteiger partial charge is 0.336 e. The molecule has 1 saturated heterocycles. The Labute approximate surface area is 195 Å². The average Bonchev–Trinajstić information content (AvgIpc) is 3.24. The van der Waals surface area contributed by atoms with Crippen molar-refractivity contribution in [3.63, 3.8) is 0 Å². The number of carbonyl (C=O) groups excluding carboxylic acids is 1. The SMILES string of the molecule is N#Cc1cc(S(=O)(=O)N(Cc2ccc(Cl)cc2)c2cccc(N3CCNC3=O)c2)ccc1F. The summed E-state index contributed by atoms with van der Waals surface area (Å²) < 4.78 is 42.3. The minimum Gasteiger partial charge on any atom is -0.336 e. The van der Waals surface area contributed by atoms with E-state index in [0.717, 1.165) is 22.5 Å². The molecule has 0 bridgehead atoms. The Morgan fingerprint density at radius 2 is 1.88 bits per heavy atom. The number of benzene rings is 3. The normalized spacial score (nSPS) is 13.5. The Morgan fingerprint density at radius 1 is 1.12 bits per heavy atom. The molecule has 168 valence electrons. The third kappa shape index (κ3) is 4.62. The Kier molecular flexibility index (Phi) is 6.22. The molecule has 3 aromatic carbocycles. The molecule has 10 heteroatoms. The van der Waals surface area contributed by atoms with Gasteiger partial charge in [0, 0.05) is 23.8 Å². The summed E-state index contributed by atoms with van der Waals surface area (Å²) >= 11 is 5.97. The van der Waals surface area contributed by atoms with Crippen LogP contribution in [0.15, 0.2) is 71.6 Å². The minimum absolute atomic E-state index is 0.0472.